The third kappa shape index (κ3) is 3.78. The van der Waals surface area contributed by atoms with Gasteiger partial charge in [-0.25, -0.2) is 13.2 Å². The van der Waals surface area contributed by atoms with Crippen molar-refractivity contribution in [2.24, 2.45) is 0 Å². The largest absolute Gasteiger partial charge is 0.481 e. The van der Waals surface area contributed by atoms with Crippen molar-refractivity contribution >= 4 is 11.6 Å². The predicted molar refractivity (Wildman–Crippen MR) is 76.2 cm³/mol. The van der Waals surface area contributed by atoms with Crippen LogP contribution in [0, 0.1) is 24.4 Å². The summed E-state index contributed by atoms with van der Waals surface area (Å²) in [7, 11) is 0. The molecular weight excluding hydrogens is 295 g/mol. The molecule has 2 aromatic carbocycles. The first-order valence-corrected chi connectivity index (χ1v) is 6.55. The molecule has 6 heteroatoms. The van der Waals surface area contributed by atoms with Gasteiger partial charge in [0.2, 0.25) is 0 Å². The molecule has 1 amide bonds. The van der Waals surface area contributed by atoms with Crippen molar-refractivity contribution in [3.8, 4) is 5.75 Å². The van der Waals surface area contributed by atoms with E-state index in [2.05, 4.69) is 5.32 Å². The van der Waals surface area contributed by atoms with Gasteiger partial charge in [-0.1, -0.05) is 6.07 Å². The predicted octanol–water partition coefficient (Wildman–Crippen LogP) is 3.82. The Bertz CT molecular complexity index is 704. The molecular formula is C16H14F3NO2. The van der Waals surface area contributed by atoms with Crippen molar-refractivity contribution in [3.63, 3.8) is 0 Å². The van der Waals surface area contributed by atoms with E-state index in [1.807, 2.05) is 0 Å². The number of amides is 1. The fourth-order valence-electron chi connectivity index (χ4n) is 1.72. The lowest BCUT2D eigenvalue weighted by atomic mass is 10.2. The van der Waals surface area contributed by atoms with Gasteiger partial charge in [-0.3, -0.25) is 4.79 Å². The molecule has 0 aromatic heterocycles. The second-order valence-electron chi connectivity index (χ2n) is 4.79. The molecule has 0 aliphatic heterocycles. The fraction of sp³-hybridized carbons (Fsp3) is 0.188. The number of hydrogen-bond donors (Lipinski definition) is 1. The van der Waals surface area contributed by atoms with Gasteiger partial charge in [-0.15, -0.1) is 0 Å². The number of rotatable bonds is 4. The van der Waals surface area contributed by atoms with Crippen LogP contribution in [0.1, 0.15) is 12.5 Å². The summed E-state index contributed by atoms with van der Waals surface area (Å²) in [6.45, 7) is 3.05. The van der Waals surface area contributed by atoms with Gasteiger partial charge in [0.1, 0.15) is 11.6 Å². The summed E-state index contributed by atoms with van der Waals surface area (Å²) in [6.07, 6.45) is -0.964. The van der Waals surface area contributed by atoms with Crippen LogP contribution >= 0.6 is 0 Å². The Hall–Kier alpha value is -2.50. The Morgan fingerprint density at radius 3 is 2.41 bits per heavy atom. The summed E-state index contributed by atoms with van der Waals surface area (Å²) < 4.78 is 44.5. The average Bonchev–Trinajstić information content (AvgIpc) is 2.46. The first-order chi connectivity index (χ1) is 10.4. The summed E-state index contributed by atoms with van der Waals surface area (Å²) >= 11 is 0. The Balaban J connectivity index is 2.02. The Morgan fingerprint density at radius 1 is 1.05 bits per heavy atom. The van der Waals surface area contributed by atoms with Gasteiger partial charge in [0, 0.05) is 11.8 Å². The summed E-state index contributed by atoms with van der Waals surface area (Å²) in [5.74, 6) is -3.01. The average molecular weight is 309 g/mol. The number of aryl methyl sites for hydroxylation is 1. The molecule has 3 nitrogen and oxygen atoms in total. The number of hydrogen-bond acceptors (Lipinski definition) is 2. The van der Waals surface area contributed by atoms with E-state index >= 15 is 0 Å². The minimum Gasteiger partial charge on any atom is -0.481 e. The lowest BCUT2D eigenvalue weighted by molar-refractivity contribution is -0.122. The van der Waals surface area contributed by atoms with E-state index in [0.29, 0.717) is 5.56 Å². The van der Waals surface area contributed by atoms with Crippen molar-refractivity contribution < 1.29 is 22.7 Å². The minimum atomic E-state index is -1.06. The van der Waals surface area contributed by atoms with E-state index in [1.165, 1.54) is 25.1 Å². The van der Waals surface area contributed by atoms with Gasteiger partial charge in [-0.05, 0) is 43.7 Å². The molecule has 2 aromatic rings. The van der Waals surface area contributed by atoms with Gasteiger partial charge in [0.15, 0.2) is 17.7 Å². The van der Waals surface area contributed by atoms with E-state index in [4.69, 9.17) is 4.74 Å². The van der Waals surface area contributed by atoms with Gasteiger partial charge in [0.05, 0.1) is 0 Å². The molecule has 0 saturated carbocycles. The highest BCUT2D eigenvalue weighted by Gasteiger charge is 2.16. The maximum Gasteiger partial charge on any atom is 0.265 e. The molecule has 0 aliphatic carbocycles. The van der Waals surface area contributed by atoms with Gasteiger partial charge in [0.25, 0.3) is 5.91 Å². The van der Waals surface area contributed by atoms with E-state index in [1.54, 1.807) is 13.0 Å². The van der Waals surface area contributed by atoms with Crippen LogP contribution in [0.25, 0.3) is 0 Å². The monoisotopic (exact) mass is 309 g/mol. The van der Waals surface area contributed by atoms with Crippen LogP contribution in [-0.4, -0.2) is 12.0 Å². The van der Waals surface area contributed by atoms with Gasteiger partial charge < -0.3 is 10.1 Å². The van der Waals surface area contributed by atoms with Crippen LogP contribution in [0.15, 0.2) is 36.4 Å². The van der Waals surface area contributed by atoms with E-state index in [0.717, 1.165) is 12.1 Å². The molecule has 0 bridgehead atoms. The molecule has 0 saturated heterocycles. The Labute approximate surface area is 125 Å². The van der Waals surface area contributed by atoms with Crippen LogP contribution in [0.4, 0.5) is 18.9 Å². The smallest absolute Gasteiger partial charge is 0.265 e. The van der Waals surface area contributed by atoms with Gasteiger partial charge in [-0.2, -0.15) is 0 Å². The molecule has 0 heterocycles. The number of anilines is 1. The zero-order chi connectivity index (χ0) is 16.3. The van der Waals surface area contributed by atoms with Crippen molar-refractivity contribution in [1.29, 1.82) is 0 Å². The number of halogens is 3. The summed E-state index contributed by atoms with van der Waals surface area (Å²) in [6, 6.07) is 7.26. The number of nitrogens with one attached hydrogen (secondary N) is 1. The fourth-order valence-corrected chi connectivity index (χ4v) is 1.72. The molecule has 0 fully saturated rings. The summed E-state index contributed by atoms with van der Waals surface area (Å²) in [4.78, 5) is 11.9. The highest BCUT2D eigenvalue weighted by atomic mass is 19.2. The molecule has 0 aliphatic rings. The number of carbonyl (C=O) groups excluding carboxylic acids is 1. The molecule has 0 unspecified atom stereocenters. The van der Waals surface area contributed by atoms with Crippen LogP contribution in [0.2, 0.25) is 0 Å². The lowest BCUT2D eigenvalue weighted by Gasteiger charge is -2.15. The third-order valence-electron chi connectivity index (χ3n) is 3.01. The van der Waals surface area contributed by atoms with Crippen molar-refractivity contribution in [1.82, 2.24) is 0 Å². The third-order valence-corrected chi connectivity index (χ3v) is 3.01. The van der Waals surface area contributed by atoms with E-state index < -0.39 is 29.5 Å². The van der Waals surface area contributed by atoms with Crippen LogP contribution in [-0.2, 0) is 4.79 Å². The van der Waals surface area contributed by atoms with Crippen molar-refractivity contribution in [2.45, 2.75) is 20.0 Å². The first-order valence-electron chi connectivity index (χ1n) is 6.55. The molecule has 116 valence electrons. The highest BCUT2D eigenvalue weighted by Crippen LogP contribution is 2.18. The molecule has 0 spiro atoms. The summed E-state index contributed by atoms with van der Waals surface area (Å²) in [5, 5.41) is 2.48. The maximum atomic E-state index is 13.4. The topological polar surface area (TPSA) is 38.3 Å². The van der Waals surface area contributed by atoms with E-state index in [-0.39, 0.29) is 11.4 Å². The zero-order valence-electron chi connectivity index (χ0n) is 12.0. The van der Waals surface area contributed by atoms with Gasteiger partial charge >= 0.3 is 0 Å². The van der Waals surface area contributed by atoms with Crippen LogP contribution in [0.5, 0.6) is 5.75 Å². The van der Waals surface area contributed by atoms with Crippen LogP contribution < -0.4 is 10.1 Å². The highest BCUT2D eigenvalue weighted by molar-refractivity contribution is 5.94. The molecule has 0 radical (unpaired) electrons. The number of benzene rings is 2. The SMILES string of the molecule is Cc1ccc(NC(=O)[C@H](C)Oc2ccc(F)c(F)c2)cc1F. The number of carbonyl (C=O) groups is 1. The van der Waals surface area contributed by atoms with Crippen LogP contribution in [0.3, 0.4) is 0 Å². The summed E-state index contributed by atoms with van der Waals surface area (Å²) in [5.41, 5.74) is 0.748. The minimum absolute atomic E-state index is 0.0247. The second-order valence-corrected chi connectivity index (χ2v) is 4.79. The Kier molecular flexibility index (Phi) is 4.70. The molecule has 2 rings (SSSR count). The van der Waals surface area contributed by atoms with Crippen molar-refractivity contribution in [2.75, 3.05) is 5.32 Å². The molecule has 1 atom stereocenters. The van der Waals surface area contributed by atoms with E-state index in [9.17, 15) is 18.0 Å². The Morgan fingerprint density at radius 2 is 1.77 bits per heavy atom. The normalized spacial score (nSPS) is 11.9. The quantitative estimate of drug-likeness (QED) is 0.932. The standard InChI is InChI=1S/C16H14F3NO2/c1-9-3-4-11(7-14(9)18)20-16(21)10(2)22-12-5-6-13(17)15(19)8-12/h3-8,10H,1-2H3,(H,20,21)/t10-/m0/s1. The first kappa shape index (κ1) is 15.9. The zero-order valence-corrected chi connectivity index (χ0v) is 12.0. The maximum absolute atomic E-state index is 13.4. The second kappa shape index (κ2) is 6.51. The lowest BCUT2D eigenvalue weighted by Crippen LogP contribution is -2.30. The molecule has 1 N–H and O–H groups in total. The number of ether oxygens (including phenoxy) is 1. The van der Waals surface area contributed by atoms with Crippen molar-refractivity contribution in [3.05, 3.63) is 59.4 Å². The molecule has 22 heavy (non-hydrogen) atoms.